The number of morpholine rings is 1. The van der Waals surface area contributed by atoms with Crippen molar-refractivity contribution in [3.63, 3.8) is 0 Å². The highest BCUT2D eigenvalue weighted by Crippen LogP contribution is 2.17. The van der Waals surface area contributed by atoms with Crippen LogP contribution in [0, 0.1) is 0 Å². The molecule has 1 fully saturated rings. The number of benzene rings is 1. The molecule has 2 amide bonds. The molecule has 3 rings (SSSR count). The van der Waals surface area contributed by atoms with Crippen LogP contribution in [0.2, 0.25) is 0 Å². The fraction of sp³-hybridized carbons (Fsp3) is 0.412. The molecular formula is C17H21N3O3. The number of carbonyl (C=O) groups excluding carboxylic acids is 2. The van der Waals surface area contributed by atoms with Crippen LogP contribution >= 0.6 is 0 Å². The van der Waals surface area contributed by atoms with E-state index in [1.807, 2.05) is 25.1 Å². The zero-order valence-corrected chi connectivity index (χ0v) is 13.2. The maximum Gasteiger partial charge on any atom is 0.252 e. The minimum atomic E-state index is -0.505. The summed E-state index contributed by atoms with van der Waals surface area (Å²) >= 11 is 0. The number of H-pyrrole nitrogens is 1. The van der Waals surface area contributed by atoms with E-state index in [1.165, 1.54) is 0 Å². The minimum Gasteiger partial charge on any atom is -0.378 e. The van der Waals surface area contributed by atoms with Crippen LogP contribution in [0.1, 0.15) is 23.7 Å². The molecule has 1 aromatic heterocycles. The number of nitrogens with one attached hydrogen (secondary N) is 2. The van der Waals surface area contributed by atoms with Crippen molar-refractivity contribution in [2.75, 3.05) is 26.3 Å². The predicted octanol–water partition coefficient (Wildman–Crippen LogP) is 1.54. The average molecular weight is 315 g/mol. The summed E-state index contributed by atoms with van der Waals surface area (Å²) < 4.78 is 5.27. The summed E-state index contributed by atoms with van der Waals surface area (Å²) in [5.74, 6) is -0.256. The molecule has 0 unspecified atom stereocenters. The number of amides is 2. The molecule has 6 nitrogen and oxygen atoms in total. The van der Waals surface area contributed by atoms with Crippen molar-refractivity contribution in [3.05, 3.63) is 36.0 Å². The van der Waals surface area contributed by atoms with E-state index in [1.54, 1.807) is 17.2 Å². The van der Waals surface area contributed by atoms with Crippen LogP contribution in [0.25, 0.3) is 10.9 Å². The summed E-state index contributed by atoms with van der Waals surface area (Å²) in [7, 11) is 0. The van der Waals surface area contributed by atoms with Crippen LogP contribution in [-0.4, -0.2) is 54.0 Å². The van der Waals surface area contributed by atoms with E-state index in [2.05, 4.69) is 10.3 Å². The van der Waals surface area contributed by atoms with Gasteiger partial charge >= 0.3 is 0 Å². The molecule has 1 saturated heterocycles. The van der Waals surface area contributed by atoms with Crippen molar-refractivity contribution in [2.45, 2.75) is 19.4 Å². The highest BCUT2D eigenvalue weighted by Gasteiger charge is 2.26. The number of aromatic amines is 1. The van der Waals surface area contributed by atoms with Gasteiger partial charge in [0.25, 0.3) is 5.91 Å². The van der Waals surface area contributed by atoms with Gasteiger partial charge in [0.05, 0.1) is 13.2 Å². The standard InChI is InChI=1S/C17H21N3O3/c1-2-14(17(22)20-8-10-23-11-9-20)19-16(21)13-4-3-5-15-12(13)6-7-18-15/h3-7,14,18H,2,8-11H2,1H3,(H,19,21)/t14-/m0/s1. The molecule has 0 aliphatic carbocycles. The lowest BCUT2D eigenvalue weighted by Gasteiger charge is -2.30. The molecule has 2 N–H and O–H groups in total. The Morgan fingerprint density at radius 3 is 2.83 bits per heavy atom. The summed E-state index contributed by atoms with van der Waals surface area (Å²) in [6.07, 6.45) is 2.36. The lowest BCUT2D eigenvalue weighted by molar-refractivity contribution is -0.137. The summed E-state index contributed by atoms with van der Waals surface area (Å²) in [5.41, 5.74) is 1.49. The van der Waals surface area contributed by atoms with Gasteiger partial charge in [-0.2, -0.15) is 0 Å². The van der Waals surface area contributed by atoms with E-state index in [0.717, 1.165) is 10.9 Å². The molecule has 0 saturated carbocycles. The smallest absolute Gasteiger partial charge is 0.252 e. The zero-order valence-electron chi connectivity index (χ0n) is 13.2. The van der Waals surface area contributed by atoms with Gasteiger partial charge in [-0.05, 0) is 24.6 Å². The second-order valence-electron chi connectivity index (χ2n) is 5.62. The van der Waals surface area contributed by atoms with Crippen molar-refractivity contribution >= 4 is 22.7 Å². The number of rotatable bonds is 4. The SMILES string of the molecule is CC[C@H](NC(=O)c1cccc2[nH]ccc12)C(=O)N1CCOCC1. The minimum absolute atomic E-state index is 0.0367. The first kappa shape index (κ1) is 15.6. The van der Waals surface area contributed by atoms with Crippen LogP contribution < -0.4 is 5.32 Å². The van der Waals surface area contributed by atoms with Gasteiger partial charge in [0, 0.05) is 35.8 Å². The number of hydrogen-bond donors (Lipinski definition) is 2. The Morgan fingerprint density at radius 1 is 1.30 bits per heavy atom. The molecule has 23 heavy (non-hydrogen) atoms. The van der Waals surface area contributed by atoms with E-state index < -0.39 is 6.04 Å². The van der Waals surface area contributed by atoms with Gasteiger partial charge in [-0.1, -0.05) is 13.0 Å². The van der Waals surface area contributed by atoms with E-state index in [9.17, 15) is 9.59 Å². The van der Waals surface area contributed by atoms with E-state index in [4.69, 9.17) is 4.74 Å². The number of fused-ring (bicyclic) bond motifs is 1. The van der Waals surface area contributed by atoms with Crippen molar-refractivity contribution in [1.82, 2.24) is 15.2 Å². The Labute approximate surface area is 134 Å². The molecule has 0 spiro atoms. The van der Waals surface area contributed by atoms with Gasteiger partial charge in [-0.3, -0.25) is 9.59 Å². The van der Waals surface area contributed by atoms with Gasteiger partial charge in [-0.15, -0.1) is 0 Å². The van der Waals surface area contributed by atoms with Gasteiger partial charge in [0.15, 0.2) is 0 Å². The zero-order chi connectivity index (χ0) is 16.2. The molecule has 0 radical (unpaired) electrons. The molecule has 0 bridgehead atoms. The quantitative estimate of drug-likeness (QED) is 0.898. The number of ether oxygens (including phenoxy) is 1. The highest BCUT2D eigenvalue weighted by atomic mass is 16.5. The van der Waals surface area contributed by atoms with Gasteiger partial charge < -0.3 is 19.9 Å². The van der Waals surface area contributed by atoms with E-state index >= 15 is 0 Å². The fourth-order valence-corrected chi connectivity index (χ4v) is 2.86. The van der Waals surface area contributed by atoms with Crippen molar-refractivity contribution in [2.24, 2.45) is 0 Å². The van der Waals surface area contributed by atoms with Gasteiger partial charge in [0.1, 0.15) is 6.04 Å². The highest BCUT2D eigenvalue weighted by molar-refractivity contribution is 6.07. The summed E-state index contributed by atoms with van der Waals surface area (Å²) in [6.45, 7) is 4.18. The molecular weight excluding hydrogens is 294 g/mol. The Balaban J connectivity index is 1.74. The molecule has 6 heteroatoms. The Bertz CT molecular complexity index is 704. The molecule has 1 atom stereocenters. The third-order valence-corrected chi connectivity index (χ3v) is 4.17. The van der Waals surface area contributed by atoms with Crippen LogP contribution in [0.15, 0.2) is 30.5 Å². The lowest BCUT2D eigenvalue weighted by atomic mass is 10.1. The monoisotopic (exact) mass is 315 g/mol. The van der Waals surface area contributed by atoms with Crippen LogP contribution in [0.5, 0.6) is 0 Å². The van der Waals surface area contributed by atoms with Crippen LogP contribution in [0.3, 0.4) is 0 Å². The molecule has 122 valence electrons. The molecule has 1 aliphatic heterocycles. The van der Waals surface area contributed by atoms with Crippen molar-refractivity contribution < 1.29 is 14.3 Å². The largest absolute Gasteiger partial charge is 0.378 e. The molecule has 2 heterocycles. The van der Waals surface area contributed by atoms with Gasteiger partial charge in [-0.25, -0.2) is 0 Å². The number of carbonyl (C=O) groups is 2. The molecule has 1 aromatic carbocycles. The Morgan fingerprint density at radius 2 is 2.09 bits per heavy atom. The van der Waals surface area contributed by atoms with Crippen LogP contribution in [-0.2, 0) is 9.53 Å². The lowest BCUT2D eigenvalue weighted by Crippen LogP contribution is -2.51. The first-order valence-corrected chi connectivity index (χ1v) is 7.94. The normalized spacial score (nSPS) is 16.3. The van der Waals surface area contributed by atoms with Crippen molar-refractivity contribution in [3.8, 4) is 0 Å². The van der Waals surface area contributed by atoms with E-state index in [0.29, 0.717) is 38.3 Å². The van der Waals surface area contributed by atoms with Crippen LogP contribution in [0.4, 0.5) is 0 Å². The maximum absolute atomic E-state index is 12.6. The Kier molecular flexibility index (Phi) is 4.62. The maximum atomic E-state index is 12.6. The average Bonchev–Trinajstić information content (AvgIpc) is 3.08. The summed E-state index contributed by atoms with van der Waals surface area (Å²) in [6, 6.07) is 6.89. The number of nitrogens with zero attached hydrogens (tertiary/aromatic N) is 1. The van der Waals surface area contributed by atoms with Gasteiger partial charge in [0.2, 0.25) is 5.91 Å². The number of hydrogen-bond acceptors (Lipinski definition) is 3. The van der Waals surface area contributed by atoms with E-state index in [-0.39, 0.29) is 11.8 Å². The van der Waals surface area contributed by atoms with Crippen molar-refractivity contribution in [1.29, 1.82) is 0 Å². The summed E-state index contributed by atoms with van der Waals surface area (Å²) in [5, 5.41) is 3.74. The predicted molar refractivity (Wildman–Crippen MR) is 87.2 cm³/mol. The molecule has 1 aliphatic rings. The topological polar surface area (TPSA) is 74.4 Å². The fourth-order valence-electron chi connectivity index (χ4n) is 2.86. The third-order valence-electron chi connectivity index (χ3n) is 4.17. The number of aromatic nitrogens is 1. The second kappa shape index (κ2) is 6.83. The first-order chi connectivity index (χ1) is 11.2. The Hall–Kier alpha value is -2.34. The second-order valence-corrected chi connectivity index (χ2v) is 5.62. The summed E-state index contributed by atoms with van der Waals surface area (Å²) in [4.78, 5) is 30.0. The molecule has 2 aromatic rings. The third kappa shape index (κ3) is 3.22. The first-order valence-electron chi connectivity index (χ1n) is 7.94.